The minimum absolute atomic E-state index is 0.217. The standard InChI is InChI=1S/C13H19F3N4O2/c1-12(2,3)22-11(21)20-5-4-17-9(7-20)8-6-10(19-18-8)13(14,15)16/h6,9,17H,4-5,7H2,1-3H3,(H,18,19). The molecule has 1 aromatic rings. The van der Waals surface area contributed by atoms with Gasteiger partial charge >= 0.3 is 12.3 Å². The number of rotatable bonds is 1. The van der Waals surface area contributed by atoms with Gasteiger partial charge in [0.2, 0.25) is 0 Å². The first-order valence-electron chi connectivity index (χ1n) is 6.90. The van der Waals surface area contributed by atoms with Gasteiger partial charge in [-0.25, -0.2) is 4.79 Å². The second kappa shape index (κ2) is 5.79. The van der Waals surface area contributed by atoms with E-state index in [1.54, 1.807) is 20.8 Å². The van der Waals surface area contributed by atoms with Crippen LogP contribution in [-0.4, -0.2) is 46.4 Å². The Morgan fingerprint density at radius 1 is 1.41 bits per heavy atom. The van der Waals surface area contributed by atoms with Crippen LogP contribution in [0.25, 0.3) is 0 Å². The van der Waals surface area contributed by atoms with Gasteiger partial charge in [0, 0.05) is 19.6 Å². The lowest BCUT2D eigenvalue weighted by Gasteiger charge is -2.34. The molecule has 2 N–H and O–H groups in total. The van der Waals surface area contributed by atoms with Crippen LogP contribution >= 0.6 is 0 Å². The molecule has 0 aromatic carbocycles. The third-order valence-electron chi connectivity index (χ3n) is 3.09. The number of aromatic nitrogens is 2. The zero-order valence-corrected chi connectivity index (χ0v) is 12.6. The van der Waals surface area contributed by atoms with Gasteiger partial charge in [-0.1, -0.05) is 0 Å². The molecule has 6 nitrogen and oxygen atoms in total. The van der Waals surface area contributed by atoms with E-state index < -0.39 is 29.6 Å². The predicted molar refractivity (Wildman–Crippen MR) is 72.1 cm³/mol. The smallest absolute Gasteiger partial charge is 0.435 e. The summed E-state index contributed by atoms with van der Waals surface area (Å²) in [6.45, 7) is 6.39. The van der Waals surface area contributed by atoms with E-state index >= 15 is 0 Å². The van der Waals surface area contributed by atoms with Crippen molar-refractivity contribution in [2.45, 2.75) is 38.6 Å². The average molecular weight is 320 g/mol. The molecule has 0 spiro atoms. The summed E-state index contributed by atoms with van der Waals surface area (Å²) in [5.41, 5.74) is -1.30. The lowest BCUT2D eigenvalue weighted by Crippen LogP contribution is -2.49. The van der Waals surface area contributed by atoms with Crippen LogP contribution in [0.15, 0.2) is 6.07 Å². The van der Waals surface area contributed by atoms with E-state index in [2.05, 4.69) is 15.5 Å². The molecule has 1 atom stereocenters. The van der Waals surface area contributed by atoms with Crippen molar-refractivity contribution in [3.8, 4) is 0 Å². The fourth-order valence-electron chi connectivity index (χ4n) is 2.11. The highest BCUT2D eigenvalue weighted by molar-refractivity contribution is 5.68. The van der Waals surface area contributed by atoms with Crippen LogP contribution in [0.4, 0.5) is 18.0 Å². The van der Waals surface area contributed by atoms with Gasteiger partial charge in [0.25, 0.3) is 0 Å². The fraction of sp³-hybridized carbons (Fsp3) is 0.692. The largest absolute Gasteiger partial charge is 0.444 e. The summed E-state index contributed by atoms with van der Waals surface area (Å²) in [6, 6.07) is 0.515. The van der Waals surface area contributed by atoms with Crippen molar-refractivity contribution in [1.82, 2.24) is 20.4 Å². The number of hydrogen-bond acceptors (Lipinski definition) is 4. The molecule has 2 heterocycles. The number of nitrogens with one attached hydrogen (secondary N) is 2. The van der Waals surface area contributed by atoms with Crippen LogP contribution in [0, 0.1) is 0 Å². The molecule has 9 heteroatoms. The quantitative estimate of drug-likeness (QED) is 0.833. The third-order valence-corrected chi connectivity index (χ3v) is 3.09. The van der Waals surface area contributed by atoms with E-state index in [9.17, 15) is 18.0 Å². The Kier molecular flexibility index (Phi) is 4.37. The van der Waals surface area contributed by atoms with Crippen LogP contribution < -0.4 is 5.32 Å². The molecule has 22 heavy (non-hydrogen) atoms. The molecule has 0 aliphatic carbocycles. The Morgan fingerprint density at radius 3 is 2.64 bits per heavy atom. The number of nitrogens with zero attached hydrogens (tertiary/aromatic N) is 2. The molecule has 1 aliphatic heterocycles. The van der Waals surface area contributed by atoms with E-state index in [-0.39, 0.29) is 6.54 Å². The summed E-state index contributed by atoms with van der Waals surface area (Å²) < 4.78 is 43.0. The Bertz CT molecular complexity index is 536. The molecule has 2 rings (SSSR count). The maximum Gasteiger partial charge on any atom is 0.435 e. The number of aromatic amines is 1. The van der Waals surface area contributed by atoms with Crippen LogP contribution in [0.1, 0.15) is 38.2 Å². The topological polar surface area (TPSA) is 70.2 Å². The van der Waals surface area contributed by atoms with E-state index in [4.69, 9.17) is 4.74 Å². The molecular weight excluding hydrogens is 301 g/mol. The molecule has 1 amide bonds. The second-order valence-corrected chi connectivity index (χ2v) is 6.14. The first kappa shape index (κ1) is 16.6. The number of ether oxygens (including phenoxy) is 1. The number of piperazine rings is 1. The van der Waals surface area contributed by atoms with E-state index in [0.29, 0.717) is 18.8 Å². The molecule has 1 unspecified atom stereocenters. The van der Waals surface area contributed by atoms with Crippen molar-refractivity contribution in [2.75, 3.05) is 19.6 Å². The average Bonchev–Trinajstić information content (AvgIpc) is 2.86. The van der Waals surface area contributed by atoms with Crippen molar-refractivity contribution in [3.63, 3.8) is 0 Å². The first-order chi connectivity index (χ1) is 10.1. The number of halogens is 3. The van der Waals surface area contributed by atoms with Crippen LogP contribution in [0.3, 0.4) is 0 Å². The SMILES string of the molecule is CC(C)(C)OC(=O)N1CCNC(c2cc(C(F)(F)F)n[nH]2)C1. The number of alkyl halides is 3. The molecule has 0 saturated carbocycles. The van der Waals surface area contributed by atoms with Gasteiger partial charge in [-0.2, -0.15) is 18.3 Å². The number of amides is 1. The normalized spacial score (nSPS) is 20.1. The summed E-state index contributed by atoms with van der Waals surface area (Å²) in [6.07, 6.45) is -4.97. The molecular formula is C13H19F3N4O2. The second-order valence-electron chi connectivity index (χ2n) is 6.14. The Balaban J connectivity index is 2.04. The number of carbonyl (C=O) groups excluding carboxylic acids is 1. The van der Waals surface area contributed by atoms with Gasteiger partial charge in [0.05, 0.1) is 11.7 Å². The summed E-state index contributed by atoms with van der Waals surface area (Å²) >= 11 is 0. The van der Waals surface area contributed by atoms with Crippen LogP contribution in [-0.2, 0) is 10.9 Å². The van der Waals surface area contributed by atoms with Crippen molar-refractivity contribution in [3.05, 3.63) is 17.5 Å². The van der Waals surface area contributed by atoms with Crippen LogP contribution in [0.5, 0.6) is 0 Å². The number of H-pyrrole nitrogens is 1. The molecule has 1 saturated heterocycles. The third kappa shape index (κ3) is 4.12. The number of carbonyl (C=O) groups is 1. The summed E-state index contributed by atoms with van der Waals surface area (Å²) in [5, 5.41) is 8.71. The summed E-state index contributed by atoms with van der Waals surface area (Å²) in [4.78, 5) is 13.5. The molecule has 1 fully saturated rings. The van der Waals surface area contributed by atoms with Gasteiger partial charge in [0.1, 0.15) is 5.60 Å². The zero-order valence-electron chi connectivity index (χ0n) is 12.6. The van der Waals surface area contributed by atoms with Gasteiger partial charge < -0.3 is 15.0 Å². The monoisotopic (exact) mass is 320 g/mol. The first-order valence-corrected chi connectivity index (χ1v) is 6.90. The highest BCUT2D eigenvalue weighted by Gasteiger charge is 2.35. The highest BCUT2D eigenvalue weighted by Crippen LogP contribution is 2.29. The zero-order chi connectivity index (χ0) is 16.5. The van der Waals surface area contributed by atoms with Crippen molar-refractivity contribution < 1.29 is 22.7 Å². The van der Waals surface area contributed by atoms with Crippen molar-refractivity contribution in [2.24, 2.45) is 0 Å². The van der Waals surface area contributed by atoms with Gasteiger partial charge in [-0.15, -0.1) is 0 Å². The highest BCUT2D eigenvalue weighted by atomic mass is 19.4. The maximum absolute atomic E-state index is 12.6. The fourth-order valence-corrected chi connectivity index (χ4v) is 2.11. The number of hydrogen-bond donors (Lipinski definition) is 2. The molecule has 1 aliphatic rings. The molecule has 0 radical (unpaired) electrons. The Hall–Kier alpha value is -1.77. The summed E-state index contributed by atoms with van der Waals surface area (Å²) in [7, 11) is 0. The van der Waals surface area contributed by atoms with Crippen LogP contribution in [0.2, 0.25) is 0 Å². The van der Waals surface area contributed by atoms with E-state index in [0.717, 1.165) is 6.07 Å². The Morgan fingerprint density at radius 2 is 2.09 bits per heavy atom. The van der Waals surface area contributed by atoms with Gasteiger partial charge in [-0.05, 0) is 26.8 Å². The minimum atomic E-state index is -4.49. The Labute approximate surface area is 126 Å². The van der Waals surface area contributed by atoms with Crippen molar-refractivity contribution in [1.29, 1.82) is 0 Å². The lowest BCUT2D eigenvalue weighted by molar-refractivity contribution is -0.141. The lowest BCUT2D eigenvalue weighted by atomic mass is 10.1. The predicted octanol–water partition coefficient (Wildman–Crippen LogP) is 2.31. The van der Waals surface area contributed by atoms with E-state index in [1.165, 1.54) is 4.90 Å². The van der Waals surface area contributed by atoms with Crippen molar-refractivity contribution >= 4 is 6.09 Å². The molecule has 0 bridgehead atoms. The van der Waals surface area contributed by atoms with Gasteiger partial charge in [-0.3, -0.25) is 5.10 Å². The van der Waals surface area contributed by atoms with E-state index in [1.807, 2.05) is 0 Å². The molecule has 1 aromatic heterocycles. The minimum Gasteiger partial charge on any atom is -0.444 e. The maximum atomic E-state index is 12.6. The summed E-state index contributed by atoms with van der Waals surface area (Å²) in [5.74, 6) is 0. The molecule has 124 valence electrons. The van der Waals surface area contributed by atoms with Gasteiger partial charge in [0.15, 0.2) is 5.69 Å².